The van der Waals surface area contributed by atoms with Gasteiger partial charge in [0.15, 0.2) is 0 Å². The lowest BCUT2D eigenvalue weighted by Crippen LogP contribution is -2.26. The number of unbranched alkanes of at least 4 members (excludes halogenated alkanes) is 1. The van der Waals surface area contributed by atoms with Gasteiger partial charge < -0.3 is 4.74 Å². The van der Waals surface area contributed by atoms with E-state index in [-0.39, 0.29) is 11.9 Å². The Labute approximate surface area is 73.6 Å². The van der Waals surface area contributed by atoms with Gasteiger partial charge in [0.25, 0.3) is 0 Å². The van der Waals surface area contributed by atoms with Crippen LogP contribution in [0.3, 0.4) is 0 Å². The molecule has 0 aromatic heterocycles. The third-order valence-electron chi connectivity index (χ3n) is 2.15. The Kier molecular flexibility index (Phi) is 3.32. The molecule has 0 atom stereocenters. The molecule has 0 radical (unpaired) electrons. The Hall–Kier alpha value is -0.790. The first kappa shape index (κ1) is 9.30. The molecule has 1 rings (SSSR count). The van der Waals surface area contributed by atoms with E-state index in [1.165, 1.54) is 5.57 Å². The summed E-state index contributed by atoms with van der Waals surface area (Å²) in [4.78, 5) is 11.2. The van der Waals surface area contributed by atoms with Gasteiger partial charge in [-0.05, 0) is 19.3 Å². The van der Waals surface area contributed by atoms with Crippen molar-refractivity contribution in [2.75, 3.05) is 6.61 Å². The van der Waals surface area contributed by atoms with Gasteiger partial charge in [-0.25, -0.2) is 0 Å². The summed E-state index contributed by atoms with van der Waals surface area (Å²) in [7, 11) is 0. The molecule has 0 aromatic rings. The lowest BCUT2D eigenvalue weighted by Gasteiger charge is -2.25. The van der Waals surface area contributed by atoms with E-state index in [1.54, 1.807) is 0 Å². The van der Waals surface area contributed by atoms with Gasteiger partial charge in [0.05, 0.1) is 12.5 Å². The van der Waals surface area contributed by atoms with Crippen molar-refractivity contribution in [3.63, 3.8) is 0 Å². The molecule has 2 nitrogen and oxygen atoms in total. The van der Waals surface area contributed by atoms with Crippen LogP contribution in [0.1, 0.15) is 32.6 Å². The first-order chi connectivity index (χ1) is 5.74. The van der Waals surface area contributed by atoms with Crippen LogP contribution in [0.25, 0.3) is 0 Å². The molecule has 0 spiro atoms. The topological polar surface area (TPSA) is 26.3 Å². The van der Waals surface area contributed by atoms with Crippen molar-refractivity contribution >= 4 is 5.97 Å². The molecule has 0 heterocycles. The molecule has 12 heavy (non-hydrogen) atoms. The van der Waals surface area contributed by atoms with Crippen molar-refractivity contribution in [1.82, 2.24) is 0 Å². The molecule has 0 N–H and O–H groups in total. The van der Waals surface area contributed by atoms with Gasteiger partial charge in [0.2, 0.25) is 0 Å². The van der Waals surface area contributed by atoms with Gasteiger partial charge in [0, 0.05) is 0 Å². The highest BCUT2D eigenvalue weighted by Gasteiger charge is 2.29. The van der Waals surface area contributed by atoms with E-state index < -0.39 is 0 Å². The average Bonchev–Trinajstić information content (AvgIpc) is 1.99. The summed E-state index contributed by atoms with van der Waals surface area (Å²) in [5.41, 5.74) is 1.17. The van der Waals surface area contributed by atoms with E-state index in [4.69, 9.17) is 4.74 Å². The molecule has 1 aliphatic carbocycles. The Morgan fingerprint density at radius 3 is 2.83 bits per heavy atom. The van der Waals surface area contributed by atoms with Gasteiger partial charge in [-0.15, -0.1) is 0 Å². The molecular weight excluding hydrogens is 152 g/mol. The summed E-state index contributed by atoms with van der Waals surface area (Å²) >= 11 is 0. The number of carbonyl (C=O) groups excluding carboxylic acids is 1. The monoisotopic (exact) mass is 168 g/mol. The number of allylic oxidation sites excluding steroid dienone is 1. The van der Waals surface area contributed by atoms with Gasteiger partial charge in [-0.3, -0.25) is 4.79 Å². The van der Waals surface area contributed by atoms with Crippen LogP contribution in [-0.4, -0.2) is 12.6 Å². The van der Waals surface area contributed by atoms with Crippen LogP contribution < -0.4 is 0 Å². The Bertz CT molecular complexity index is 176. The predicted molar refractivity (Wildman–Crippen MR) is 47.7 cm³/mol. The highest BCUT2D eigenvalue weighted by molar-refractivity contribution is 5.74. The SMILES string of the molecule is C=C1CC(C(=O)OCCCC)C1. The molecular formula is C10H16O2. The minimum absolute atomic E-state index is 0.0316. The summed E-state index contributed by atoms with van der Waals surface area (Å²) in [6, 6.07) is 0. The predicted octanol–water partition coefficient (Wildman–Crippen LogP) is 2.30. The summed E-state index contributed by atoms with van der Waals surface area (Å²) in [5, 5.41) is 0. The lowest BCUT2D eigenvalue weighted by molar-refractivity contribution is -0.150. The minimum atomic E-state index is -0.0316. The molecule has 68 valence electrons. The second-order valence-corrected chi connectivity index (χ2v) is 3.38. The quantitative estimate of drug-likeness (QED) is 0.366. The molecule has 1 saturated carbocycles. The Morgan fingerprint density at radius 1 is 1.67 bits per heavy atom. The molecule has 1 fully saturated rings. The zero-order valence-corrected chi connectivity index (χ0v) is 7.64. The summed E-state index contributed by atoms with van der Waals surface area (Å²) in [5.74, 6) is 0.0882. The van der Waals surface area contributed by atoms with E-state index in [1.807, 2.05) is 0 Å². The van der Waals surface area contributed by atoms with E-state index in [9.17, 15) is 4.79 Å². The molecule has 2 heteroatoms. The summed E-state index contributed by atoms with van der Waals surface area (Å²) < 4.78 is 5.05. The maximum atomic E-state index is 11.2. The van der Waals surface area contributed by atoms with Crippen molar-refractivity contribution in [1.29, 1.82) is 0 Å². The van der Waals surface area contributed by atoms with Crippen LogP contribution in [0, 0.1) is 5.92 Å². The molecule has 1 aliphatic rings. The fraction of sp³-hybridized carbons (Fsp3) is 0.700. The maximum Gasteiger partial charge on any atom is 0.309 e. The minimum Gasteiger partial charge on any atom is -0.465 e. The summed E-state index contributed by atoms with van der Waals surface area (Å²) in [6.45, 7) is 6.45. The number of hydrogen-bond donors (Lipinski definition) is 0. The van der Waals surface area contributed by atoms with Crippen molar-refractivity contribution in [2.45, 2.75) is 32.6 Å². The van der Waals surface area contributed by atoms with E-state index in [0.717, 1.165) is 25.7 Å². The van der Waals surface area contributed by atoms with Crippen molar-refractivity contribution in [3.8, 4) is 0 Å². The molecule has 0 unspecified atom stereocenters. The fourth-order valence-corrected chi connectivity index (χ4v) is 1.24. The number of rotatable bonds is 4. The second kappa shape index (κ2) is 4.29. The second-order valence-electron chi connectivity index (χ2n) is 3.38. The highest BCUT2D eigenvalue weighted by Crippen LogP contribution is 2.32. The zero-order chi connectivity index (χ0) is 8.97. The standard InChI is InChI=1S/C10H16O2/c1-3-4-5-12-10(11)9-6-8(2)7-9/h9H,2-7H2,1H3. The number of ether oxygens (including phenoxy) is 1. The van der Waals surface area contributed by atoms with Crippen LogP contribution in [0.2, 0.25) is 0 Å². The van der Waals surface area contributed by atoms with Crippen LogP contribution >= 0.6 is 0 Å². The van der Waals surface area contributed by atoms with E-state index >= 15 is 0 Å². The van der Waals surface area contributed by atoms with Crippen LogP contribution in [-0.2, 0) is 9.53 Å². The molecule has 0 aromatic carbocycles. The summed E-state index contributed by atoms with van der Waals surface area (Å²) in [6.07, 6.45) is 3.72. The van der Waals surface area contributed by atoms with Crippen molar-refractivity contribution < 1.29 is 9.53 Å². The van der Waals surface area contributed by atoms with Gasteiger partial charge in [-0.1, -0.05) is 25.5 Å². The van der Waals surface area contributed by atoms with Crippen LogP contribution in [0.5, 0.6) is 0 Å². The first-order valence-electron chi connectivity index (χ1n) is 4.57. The van der Waals surface area contributed by atoms with Gasteiger partial charge >= 0.3 is 5.97 Å². The van der Waals surface area contributed by atoms with Crippen molar-refractivity contribution in [3.05, 3.63) is 12.2 Å². The first-order valence-corrected chi connectivity index (χ1v) is 4.57. The highest BCUT2D eigenvalue weighted by atomic mass is 16.5. The number of hydrogen-bond acceptors (Lipinski definition) is 2. The van der Waals surface area contributed by atoms with Crippen LogP contribution in [0.15, 0.2) is 12.2 Å². The zero-order valence-electron chi connectivity index (χ0n) is 7.64. The number of carbonyl (C=O) groups is 1. The van der Waals surface area contributed by atoms with Gasteiger partial charge in [0.1, 0.15) is 0 Å². The van der Waals surface area contributed by atoms with E-state index in [2.05, 4.69) is 13.5 Å². The van der Waals surface area contributed by atoms with Crippen molar-refractivity contribution in [2.24, 2.45) is 5.92 Å². The fourth-order valence-electron chi connectivity index (χ4n) is 1.24. The maximum absolute atomic E-state index is 11.2. The smallest absolute Gasteiger partial charge is 0.309 e. The van der Waals surface area contributed by atoms with Gasteiger partial charge in [-0.2, -0.15) is 0 Å². The Morgan fingerprint density at radius 2 is 2.33 bits per heavy atom. The molecule has 0 bridgehead atoms. The lowest BCUT2D eigenvalue weighted by atomic mass is 9.81. The number of esters is 1. The third-order valence-corrected chi connectivity index (χ3v) is 2.15. The third kappa shape index (κ3) is 2.36. The molecule has 0 saturated heterocycles. The van der Waals surface area contributed by atoms with Crippen LogP contribution in [0.4, 0.5) is 0 Å². The Balaban J connectivity index is 2.08. The van der Waals surface area contributed by atoms with E-state index in [0.29, 0.717) is 6.61 Å². The largest absolute Gasteiger partial charge is 0.465 e. The molecule has 0 amide bonds. The molecule has 0 aliphatic heterocycles. The average molecular weight is 168 g/mol. The normalized spacial score (nSPS) is 17.2.